The van der Waals surface area contributed by atoms with Gasteiger partial charge in [0.1, 0.15) is 5.76 Å². The minimum absolute atomic E-state index is 0.0152. The molecule has 0 amide bonds. The SMILES string of the molecule is Cc1cc(C(Cl)Cc2ccccc2C)co1. The Balaban J connectivity index is 2.13. The fourth-order valence-electron chi connectivity index (χ4n) is 1.78. The van der Waals surface area contributed by atoms with Gasteiger partial charge >= 0.3 is 0 Å². The van der Waals surface area contributed by atoms with E-state index in [1.54, 1.807) is 6.26 Å². The van der Waals surface area contributed by atoms with Crippen molar-refractivity contribution < 1.29 is 4.42 Å². The van der Waals surface area contributed by atoms with Crippen molar-refractivity contribution in [1.82, 2.24) is 0 Å². The van der Waals surface area contributed by atoms with Gasteiger partial charge in [0, 0.05) is 5.56 Å². The maximum absolute atomic E-state index is 6.37. The van der Waals surface area contributed by atoms with E-state index in [0.29, 0.717) is 0 Å². The van der Waals surface area contributed by atoms with Gasteiger partial charge in [-0.25, -0.2) is 0 Å². The summed E-state index contributed by atoms with van der Waals surface area (Å²) in [6, 6.07) is 10.3. The molecule has 1 aromatic heterocycles. The molecule has 2 rings (SSSR count). The lowest BCUT2D eigenvalue weighted by Gasteiger charge is -2.09. The molecular weight excluding hydrogens is 220 g/mol. The van der Waals surface area contributed by atoms with Crippen LogP contribution in [0.5, 0.6) is 0 Å². The molecule has 0 spiro atoms. The third-order valence-electron chi connectivity index (χ3n) is 2.77. The number of hydrogen-bond acceptors (Lipinski definition) is 1. The molecule has 1 heterocycles. The van der Waals surface area contributed by atoms with Crippen LogP contribution in [0.1, 0.15) is 27.8 Å². The van der Waals surface area contributed by atoms with Gasteiger partial charge in [-0.2, -0.15) is 0 Å². The standard InChI is InChI=1S/C14H15ClO/c1-10-5-3-4-6-12(10)8-14(15)13-7-11(2)16-9-13/h3-7,9,14H,8H2,1-2H3. The van der Waals surface area contributed by atoms with Gasteiger partial charge in [0.15, 0.2) is 0 Å². The summed E-state index contributed by atoms with van der Waals surface area (Å²) < 4.78 is 5.27. The molecule has 0 bridgehead atoms. The molecule has 1 aromatic carbocycles. The Hall–Kier alpha value is -1.21. The lowest BCUT2D eigenvalue weighted by molar-refractivity contribution is 0.531. The summed E-state index contributed by atoms with van der Waals surface area (Å²) in [7, 11) is 0. The molecular formula is C14H15ClO. The predicted octanol–water partition coefficient (Wildman–Crippen LogP) is 4.42. The Morgan fingerprint density at radius 3 is 2.62 bits per heavy atom. The summed E-state index contributed by atoms with van der Waals surface area (Å²) in [6.45, 7) is 4.04. The van der Waals surface area contributed by atoms with Gasteiger partial charge < -0.3 is 4.42 Å². The van der Waals surface area contributed by atoms with Crippen LogP contribution in [0, 0.1) is 13.8 Å². The third kappa shape index (κ3) is 2.48. The van der Waals surface area contributed by atoms with Crippen molar-refractivity contribution in [3.8, 4) is 0 Å². The van der Waals surface area contributed by atoms with Crippen molar-refractivity contribution in [2.24, 2.45) is 0 Å². The number of alkyl halides is 1. The molecule has 0 aliphatic carbocycles. The van der Waals surface area contributed by atoms with E-state index < -0.39 is 0 Å². The number of benzene rings is 1. The Bertz CT molecular complexity index is 473. The number of hydrogen-bond donors (Lipinski definition) is 0. The largest absolute Gasteiger partial charge is 0.469 e. The first-order valence-electron chi connectivity index (χ1n) is 5.40. The maximum Gasteiger partial charge on any atom is 0.101 e. The molecule has 0 radical (unpaired) electrons. The summed E-state index contributed by atoms with van der Waals surface area (Å²) >= 11 is 6.37. The van der Waals surface area contributed by atoms with Gasteiger partial charge in [0.25, 0.3) is 0 Å². The van der Waals surface area contributed by atoms with Gasteiger partial charge in [-0.1, -0.05) is 24.3 Å². The number of furan rings is 1. The Kier molecular flexibility index (Phi) is 3.35. The minimum Gasteiger partial charge on any atom is -0.469 e. The van der Waals surface area contributed by atoms with Crippen molar-refractivity contribution in [2.75, 3.05) is 0 Å². The average molecular weight is 235 g/mol. The molecule has 0 aliphatic heterocycles. The smallest absolute Gasteiger partial charge is 0.101 e. The maximum atomic E-state index is 6.37. The monoisotopic (exact) mass is 234 g/mol. The van der Waals surface area contributed by atoms with Crippen LogP contribution in [-0.4, -0.2) is 0 Å². The van der Waals surface area contributed by atoms with Crippen LogP contribution in [-0.2, 0) is 6.42 Å². The predicted molar refractivity (Wildman–Crippen MR) is 66.9 cm³/mol. The highest BCUT2D eigenvalue weighted by molar-refractivity contribution is 6.20. The molecule has 0 aliphatic rings. The van der Waals surface area contributed by atoms with Gasteiger partial charge in [-0.05, 0) is 37.5 Å². The zero-order valence-electron chi connectivity index (χ0n) is 9.53. The van der Waals surface area contributed by atoms with Gasteiger partial charge in [-0.15, -0.1) is 11.6 Å². The molecule has 1 unspecified atom stereocenters. The second-order valence-electron chi connectivity index (χ2n) is 4.09. The lowest BCUT2D eigenvalue weighted by Crippen LogP contribution is -1.96. The first kappa shape index (κ1) is 11.3. The normalized spacial score (nSPS) is 12.7. The number of rotatable bonds is 3. The first-order valence-corrected chi connectivity index (χ1v) is 5.84. The Morgan fingerprint density at radius 1 is 1.25 bits per heavy atom. The molecule has 0 saturated heterocycles. The van der Waals surface area contributed by atoms with Gasteiger partial charge in [0.2, 0.25) is 0 Å². The van der Waals surface area contributed by atoms with E-state index in [9.17, 15) is 0 Å². The highest BCUT2D eigenvalue weighted by Gasteiger charge is 2.12. The summed E-state index contributed by atoms with van der Waals surface area (Å²) in [5, 5.41) is -0.0152. The molecule has 1 nitrogen and oxygen atoms in total. The van der Waals surface area contributed by atoms with E-state index in [-0.39, 0.29) is 5.38 Å². The van der Waals surface area contributed by atoms with E-state index in [1.807, 2.05) is 25.1 Å². The van der Waals surface area contributed by atoms with Crippen LogP contribution in [0.2, 0.25) is 0 Å². The molecule has 1 atom stereocenters. The second kappa shape index (κ2) is 4.75. The van der Waals surface area contributed by atoms with Crippen molar-refractivity contribution in [2.45, 2.75) is 25.6 Å². The summed E-state index contributed by atoms with van der Waals surface area (Å²) in [6.07, 6.45) is 2.58. The molecule has 2 heteroatoms. The lowest BCUT2D eigenvalue weighted by atomic mass is 10.0. The zero-order chi connectivity index (χ0) is 11.5. The van der Waals surface area contributed by atoms with E-state index >= 15 is 0 Å². The highest BCUT2D eigenvalue weighted by atomic mass is 35.5. The van der Waals surface area contributed by atoms with Crippen LogP contribution < -0.4 is 0 Å². The van der Waals surface area contributed by atoms with Crippen molar-refractivity contribution in [3.63, 3.8) is 0 Å². The van der Waals surface area contributed by atoms with Crippen LogP contribution in [0.15, 0.2) is 41.0 Å². The fraction of sp³-hybridized carbons (Fsp3) is 0.286. The third-order valence-corrected chi connectivity index (χ3v) is 3.18. The van der Waals surface area contributed by atoms with Crippen LogP contribution >= 0.6 is 11.6 Å². The van der Waals surface area contributed by atoms with E-state index in [1.165, 1.54) is 11.1 Å². The fourth-order valence-corrected chi connectivity index (χ4v) is 2.06. The van der Waals surface area contributed by atoms with Crippen LogP contribution in [0.3, 0.4) is 0 Å². The quantitative estimate of drug-likeness (QED) is 0.717. The topological polar surface area (TPSA) is 13.1 Å². The van der Waals surface area contributed by atoms with Crippen molar-refractivity contribution in [3.05, 3.63) is 59.0 Å². The molecule has 0 saturated carbocycles. The van der Waals surface area contributed by atoms with Gasteiger partial charge in [0.05, 0.1) is 11.6 Å². The van der Waals surface area contributed by atoms with Crippen molar-refractivity contribution in [1.29, 1.82) is 0 Å². The van der Waals surface area contributed by atoms with Crippen molar-refractivity contribution >= 4 is 11.6 Å². The average Bonchev–Trinajstić information content (AvgIpc) is 2.68. The van der Waals surface area contributed by atoms with E-state index in [4.69, 9.17) is 16.0 Å². The second-order valence-corrected chi connectivity index (χ2v) is 4.62. The van der Waals surface area contributed by atoms with E-state index in [2.05, 4.69) is 19.1 Å². The molecule has 16 heavy (non-hydrogen) atoms. The molecule has 0 fully saturated rings. The van der Waals surface area contributed by atoms with Crippen LogP contribution in [0.4, 0.5) is 0 Å². The molecule has 2 aromatic rings. The van der Waals surface area contributed by atoms with E-state index in [0.717, 1.165) is 17.7 Å². The summed E-state index contributed by atoms with van der Waals surface area (Å²) in [5.74, 6) is 0.908. The number of aryl methyl sites for hydroxylation is 2. The first-order chi connectivity index (χ1) is 7.66. The Morgan fingerprint density at radius 2 is 2.00 bits per heavy atom. The molecule has 84 valence electrons. The Labute approximate surface area is 101 Å². The minimum atomic E-state index is -0.0152. The summed E-state index contributed by atoms with van der Waals surface area (Å²) in [5.41, 5.74) is 3.64. The summed E-state index contributed by atoms with van der Waals surface area (Å²) in [4.78, 5) is 0. The number of halogens is 1. The highest BCUT2D eigenvalue weighted by Crippen LogP contribution is 2.27. The van der Waals surface area contributed by atoms with Crippen LogP contribution in [0.25, 0.3) is 0 Å². The molecule has 0 N–H and O–H groups in total. The zero-order valence-corrected chi connectivity index (χ0v) is 10.3. The van der Waals surface area contributed by atoms with Gasteiger partial charge in [-0.3, -0.25) is 0 Å².